The summed E-state index contributed by atoms with van der Waals surface area (Å²) in [7, 11) is 0. The van der Waals surface area contributed by atoms with Crippen molar-refractivity contribution in [2.24, 2.45) is 0 Å². The molecule has 2 aromatic rings. The van der Waals surface area contributed by atoms with Crippen LogP contribution in [0.15, 0.2) is 24.5 Å². The normalized spacial score (nSPS) is 14.5. The van der Waals surface area contributed by atoms with E-state index in [2.05, 4.69) is 31.0 Å². The maximum absolute atomic E-state index is 12.3. The number of anilines is 3. The molecule has 0 saturated carbocycles. The van der Waals surface area contributed by atoms with E-state index in [4.69, 9.17) is 28.9 Å². The summed E-state index contributed by atoms with van der Waals surface area (Å²) >= 11 is 11.9. The lowest BCUT2D eigenvalue weighted by molar-refractivity contribution is 0.0962. The summed E-state index contributed by atoms with van der Waals surface area (Å²) in [5, 5.41) is 3.93. The molecule has 0 radical (unpaired) electrons. The number of halogens is 2. The molecule has 8 nitrogen and oxygen atoms in total. The SMILES string of the molecule is Nc1c(NCCN2CCCCC2)ncnc1NNC(=O)c1ccc(Cl)cc1Cl. The van der Waals surface area contributed by atoms with Crippen LogP contribution in [0.25, 0.3) is 0 Å². The van der Waals surface area contributed by atoms with Crippen molar-refractivity contribution in [1.82, 2.24) is 20.3 Å². The zero-order valence-corrected chi connectivity index (χ0v) is 16.9. The first-order valence-electron chi connectivity index (χ1n) is 9.12. The van der Waals surface area contributed by atoms with Gasteiger partial charge in [-0.1, -0.05) is 29.6 Å². The van der Waals surface area contributed by atoms with Crippen LogP contribution < -0.4 is 21.9 Å². The van der Waals surface area contributed by atoms with Crippen molar-refractivity contribution in [3.8, 4) is 0 Å². The number of piperidine rings is 1. The zero-order valence-electron chi connectivity index (χ0n) is 15.3. The van der Waals surface area contributed by atoms with Crippen molar-refractivity contribution in [2.45, 2.75) is 19.3 Å². The fourth-order valence-corrected chi connectivity index (χ4v) is 3.50. The third-order valence-corrected chi connectivity index (χ3v) is 5.07. The Morgan fingerprint density at radius 1 is 1.14 bits per heavy atom. The van der Waals surface area contributed by atoms with Crippen molar-refractivity contribution in [3.63, 3.8) is 0 Å². The highest BCUT2D eigenvalue weighted by Crippen LogP contribution is 2.23. The van der Waals surface area contributed by atoms with E-state index in [0.29, 0.717) is 22.3 Å². The quantitative estimate of drug-likeness (QED) is 0.506. The Hall–Kier alpha value is -2.29. The van der Waals surface area contributed by atoms with Crippen LogP contribution in [0, 0.1) is 0 Å². The van der Waals surface area contributed by atoms with Gasteiger partial charge in [0.2, 0.25) is 0 Å². The molecule has 0 spiro atoms. The summed E-state index contributed by atoms with van der Waals surface area (Å²) in [6.45, 7) is 3.92. The fourth-order valence-electron chi connectivity index (χ4n) is 3.01. The van der Waals surface area contributed by atoms with Gasteiger partial charge in [0.25, 0.3) is 5.91 Å². The van der Waals surface area contributed by atoms with E-state index in [1.807, 2.05) is 0 Å². The molecular formula is C18H23Cl2N7O. The van der Waals surface area contributed by atoms with Crippen LogP contribution in [0.2, 0.25) is 10.0 Å². The number of rotatable bonds is 7. The molecule has 1 aliphatic rings. The second-order valence-electron chi connectivity index (χ2n) is 6.52. The number of nitrogens with zero attached hydrogens (tertiary/aromatic N) is 3. The molecule has 3 rings (SSSR count). The van der Waals surface area contributed by atoms with Gasteiger partial charge in [-0.25, -0.2) is 9.97 Å². The molecule has 0 bridgehead atoms. The molecule has 0 unspecified atom stereocenters. The van der Waals surface area contributed by atoms with Gasteiger partial charge in [0.15, 0.2) is 11.6 Å². The molecule has 1 aromatic heterocycles. The highest BCUT2D eigenvalue weighted by Gasteiger charge is 2.14. The highest BCUT2D eigenvalue weighted by atomic mass is 35.5. The van der Waals surface area contributed by atoms with E-state index in [9.17, 15) is 4.79 Å². The second-order valence-corrected chi connectivity index (χ2v) is 7.36. The minimum atomic E-state index is -0.431. The van der Waals surface area contributed by atoms with Crippen LogP contribution >= 0.6 is 23.2 Å². The number of aromatic nitrogens is 2. The van der Waals surface area contributed by atoms with Crippen LogP contribution in [-0.4, -0.2) is 47.0 Å². The van der Waals surface area contributed by atoms with E-state index in [1.54, 1.807) is 12.1 Å². The van der Waals surface area contributed by atoms with Gasteiger partial charge < -0.3 is 16.0 Å². The van der Waals surface area contributed by atoms with Gasteiger partial charge in [0.1, 0.15) is 12.0 Å². The summed E-state index contributed by atoms with van der Waals surface area (Å²) in [5.41, 5.74) is 12.0. The van der Waals surface area contributed by atoms with Crippen LogP contribution in [-0.2, 0) is 0 Å². The average Bonchev–Trinajstić information content (AvgIpc) is 2.69. The number of nitrogens with one attached hydrogen (secondary N) is 3. The molecule has 2 heterocycles. The molecule has 28 heavy (non-hydrogen) atoms. The fraction of sp³-hybridized carbons (Fsp3) is 0.389. The van der Waals surface area contributed by atoms with Crippen molar-refractivity contribution < 1.29 is 4.79 Å². The molecule has 1 aromatic carbocycles. The molecule has 5 N–H and O–H groups in total. The maximum atomic E-state index is 12.3. The summed E-state index contributed by atoms with van der Waals surface area (Å²) in [4.78, 5) is 23.0. The third kappa shape index (κ3) is 5.37. The minimum Gasteiger partial charge on any atom is -0.393 e. The molecule has 10 heteroatoms. The standard InChI is InChI=1S/C18H23Cl2N7O/c19-12-4-5-13(14(20)10-12)18(28)26-25-17-15(21)16(23-11-24-17)22-6-9-27-7-2-1-3-8-27/h4-5,10-11H,1-3,6-9,21H2,(H,26,28)(H2,22,23,24,25). The number of carbonyl (C=O) groups is 1. The smallest absolute Gasteiger partial charge is 0.271 e. The van der Waals surface area contributed by atoms with Gasteiger partial charge in [-0.15, -0.1) is 0 Å². The Labute approximate surface area is 173 Å². The molecular weight excluding hydrogens is 401 g/mol. The number of nitrogen functional groups attached to an aromatic ring is 1. The summed E-state index contributed by atoms with van der Waals surface area (Å²) < 4.78 is 0. The number of carbonyl (C=O) groups excluding carboxylic acids is 1. The van der Waals surface area contributed by atoms with Crippen LogP contribution in [0.5, 0.6) is 0 Å². The lowest BCUT2D eigenvalue weighted by atomic mass is 10.1. The predicted octanol–water partition coefficient (Wildman–Crippen LogP) is 3.02. The van der Waals surface area contributed by atoms with Gasteiger partial charge in [-0.2, -0.15) is 0 Å². The van der Waals surface area contributed by atoms with Gasteiger partial charge in [-0.3, -0.25) is 15.6 Å². The highest BCUT2D eigenvalue weighted by molar-refractivity contribution is 6.36. The number of likely N-dealkylation sites (tertiary alicyclic amines) is 1. The molecule has 1 aliphatic heterocycles. The summed E-state index contributed by atoms with van der Waals surface area (Å²) in [5.74, 6) is 0.390. The van der Waals surface area contributed by atoms with E-state index in [-0.39, 0.29) is 10.6 Å². The van der Waals surface area contributed by atoms with E-state index >= 15 is 0 Å². The number of hydrogen-bond acceptors (Lipinski definition) is 7. The van der Waals surface area contributed by atoms with Crippen LogP contribution in [0.1, 0.15) is 29.6 Å². The Morgan fingerprint density at radius 3 is 2.64 bits per heavy atom. The van der Waals surface area contributed by atoms with Crippen molar-refractivity contribution >= 4 is 46.4 Å². The van der Waals surface area contributed by atoms with Crippen molar-refractivity contribution in [2.75, 3.05) is 42.7 Å². The zero-order chi connectivity index (χ0) is 19.9. The number of hydrazine groups is 1. The molecule has 0 atom stereocenters. The van der Waals surface area contributed by atoms with E-state index < -0.39 is 5.91 Å². The average molecular weight is 424 g/mol. The number of amides is 1. The topological polar surface area (TPSA) is 108 Å². The summed E-state index contributed by atoms with van der Waals surface area (Å²) in [6, 6.07) is 4.63. The van der Waals surface area contributed by atoms with Crippen molar-refractivity contribution in [1.29, 1.82) is 0 Å². The van der Waals surface area contributed by atoms with Gasteiger partial charge >= 0.3 is 0 Å². The van der Waals surface area contributed by atoms with Crippen LogP contribution in [0.3, 0.4) is 0 Å². The minimum absolute atomic E-state index is 0.252. The lowest BCUT2D eigenvalue weighted by Gasteiger charge is -2.26. The Balaban J connectivity index is 1.55. The maximum Gasteiger partial charge on any atom is 0.271 e. The van der Waals surface area contributed by atoms with Crippen molar-refractivity contribution in [3.05, 3.63) is 40.1 Å². The van der Waals surface area contributed by atoms with Crippen LogP contribution in [0.4, 0.5) is 17.3 Å². The molecule has 1 amide bonds. The van der Waals surface area contributed by atoms with E-state index in [0.717, 1.165) is 26.2 Å². The monoisotopic (exact) mass is 423 g/mol. The molecule has 1 fully saturated rings. The first-order chi connectivity index (χ1) is 13.5. The Bertz CT molecular complexity index is 828. The number of benzene rings is 1. The number of nitrogens with two attached hydrogens (primary N) is 1. The Morgan fingerprint density at radius 2 is 1.89 bits per heavy atom. The summed E-state index contributed by atoms with van der Waals surface area (Å²) in [6.07, 6.45) is 5.19. The van der Waals surface area contributed by atoms with Gasteiger partial charge in [0, 0.05) is 18.1 Å². The second kappa shape index (κ2) is 9.77. The first kappa shape index (κ1) is 20.4. The molecule has 0 aliphatic carbocycles. The first-order valence-corrected chi connectivity index (χ1v) is 9.88. The van der Waals surface area contributed by atoms with Gasteiger partial charge in [0.05, 0.1) is 10.6 Å². The third-order valence-electron chi connectivity index (χ3n) is 4.52. The van der Waals surface area contributed by atoms with Gasteiger partial charge in [-0.05, 0) is 44.1 Å². The lowest BCUT2D eigenvalue weighted by Crippen LogP contribution is -2.34. The largest absolute Gasteiger partial charge is 0.393 e. The predicted molar refractivity (Wildman–Crippen MR) is 113 cm³/mol. The Kier molecular flexibility index (Phi) is 7.13. The van der Waals surface area contributed by atoms with E-state index in [1.165, 1.54) is 31.7 Å². The molecule has 1 saturated heterocycles. The number of hydrogen-bond donors (Lipinski definition) is 4. The molecule has 150 valence electrons.